The number of benzene rings is 3. The van der Waals surface area contributed by atoms with Gasteiger partial charge in [0.05, 0.1) is 22.2 Å². The van der Waals surface area contributed by atoms with Gasteiger partial charge in [-0.25, -0.2) is 4.90 Å². The molecule has 2 aliphatic heterocycles. The number of amides is 3. The van der Waals surface area contributed by atoms with Gasteiger partial charge < -0.3 is 5.32 Å². The van der Waals surface area contributed by atoms with Gasteiger partial charge >= 0.3 is 11.0 Å². The maximum absolute atomic E-state index is 13.8. The number of alkyl halides is 3. The number of carbonyl (C=O) groups is 3. The Morgan fingerprint density at radius 1 is 0.929 bits per heavy atom. The summed E-state index contributed by atoms with van der Waals surface area (Å²) in [4.78, 5) is 54.9. The normalized spacial score (nSPS) is 19.9. The van der Waals surface area contributed by atoms with Crippen LogP contribution in [0.1, 0.15) is 21.9 Å². The van der Waals surface area contributed by atoms with Crippen molar-refractivity contribution in [2.75, 3.05) is 10.2 Å². The van der Waals surface area contributed by atoms with Crippen LogP contribution in [0.4, 0.5) is 24.5 Å². The van der Waals surface area contributed by atoms with E-state index < -0.39 is 58.0 Å². The zero-order valence-corrected chi connectivity index (χ0v) is 23.7. The Morgan fingerprint density at radius 3 is 2.33 bits per heavy atom. The largest absolute Gasteiger partial charge is 0.416 e. The van der Waals surface area contributed by atoms with Gasteiger partial charge in [0.2, 0.25) is 17.7 Å². The number of fused-ring (bicyclic) bond motifs is 2. The monoisotopic (exact) mass is 629 g/mol. The van der Waals surface area contributed by atoms with Gasteiger partial charge in [-0.3, -0.25) is 23.7 Å². The summed E-state index contributed by atoms with van der Waals surface area (Å²) in [5.74, 6) is -3.02. The second kappa shape index (κ2) is 10.8. The Hall–Kier alpha value is -3.87. The number of halogens is 4. The molecule has 0 saturated carbocycles. The Balaban J connectivity index is 1.36. The molecule has 0 spiro atoms. The minimum absolute atomic E-state index is 0.0722. The van der Waals surface area contributed by atoms with E-state index in [1.807, 2.05) is 18.2 Å². The van der Waals surface area contributed by atoms with Gasteiger partial charge in [0, 0.05) is 21.5 Å². The Labute approximate surface area is 249 Å². The highest BCUT2D eigenvalue weighted by atomic mass is 35.5. The van der Waals surface area contributed by atoms with Crippen LogP contribution in [0.5, 0.6) is 0 Å². The molecule has 1 saturated heterocycles. The van der Waals surface area contributed by atoms with Crippen LogP contribution in [0.15, 0.2) is 88.7 Å². The zero-order chi connectivity index (χ0) is 29.8. The van der Waals surface area contributed by atoms with E-state index in [1.54, 1.807) is 36.4 Å². The molecule has 42 heavy (non-hydrogen) atoms. The molecule has 3 unspecified atom stereocenters. The topological polar surface area (TPSA) is 88.5 Å². The third-order valence-corrected chi connectivity index (χ3v) is 9.92. The van der Waals surface area contributed by atoms with E-state index in [2.05, 4.69) is 5.32 Å². The van der Waals surface area contributed by atoms with Crippen LogP contribution in [0.2, 0.25) is 5.02 Å². The van der Waals surface area contributed by atoms with Crippen molar-refractivity contribution in [1.82, 2.24) is 4.57 Å². The number of anilines is 2. The molecule has 13 heteroatoms. The summed E-state index contributed by atoms with van der Waals surface area (Å²) in [6, 6.07) is 19.6. The second-order valence-electron chi connectivity index (χ2n) is 9.69. The van der Waals surface area contributed by atoms with Gasteiger partial charge in [0.1, 0.15) is 11.8 Å². The molecule has 7 nitrogen and oxygen atoms in total. The number of nitrogens with zero attached hydrogens (tertiary/aromatic N) is 2. The van der Waals surface area contributed by atoms with Gasteiger partial charge in [-0.05, 0) is 48.0 Å². The standard InChI is InChI=1S/C29H19ClF3N3O4S2/c30-17-9-11-19(12-10-17)36-25(38)22-21(15-5-2-1-3-6-15)24-27(41-23(22)26(36)39)35(28(40)42-24)14-20(37)34-18-8-4-7-16(13-18)29(31,32)33/h1-13,21-23H,14H2,(H,34,37). The molecule has 1 aromatic heterocycles. The molecule has 214 valence electrons. The number of imide groups is 1. The fraction of sp³-hybridized carbons (Fsp3) is 0.172. The molecule has 1 N–H and O–H groups in total. The smallest absolute Gasteiger partial charge is 0.325 e. The van der Waals surface area contributed by atoms with Crippen molar-refractivity contribution < 1.29 is 27.6 Å². The lowest BCUT2D eigenvalue weighted by molar-refractivity contribution is -0.137. The van der Waals surface area contributed by atoms with Crippen LogP contribution < -0.4 is 15.1 Å². The first kappa shape index (κ1) is 28.3. The van der Waals surface area contributed by atoms with E-state index in [0.29, 0.717) is 20.6 Å². The number of aromatic nitrogens is 1. The number of carbonyl (C=O) groups excluding carboxylic acids is 3. The van der Waals surface area contributed by atoms with Crippen LogP contribution >= 0.6 is 34.7 Å². The highest BCUT2D eigenvalue weighted by Crippen LogP contribution is 2.53. The number of rotatable bonds is 5. The summed E-state index contributed by atoms with van der Waals surface area (Å²) in [7, 11) is 0. The lowest BCUT2D eigenvalue weighted by Gasteiger charge is -2.30. The van der Waals surface area contributed by atoms with Crippen LogP contribution in [0.25, 0.3) is 0 Å². The number of hydrogen-bond donors (Lipinski definition) is 1. The Kier molecular flexibility index (Phi) is 7.24. The van der Waals surface area contributed by atoms with E-state index in [1.165, 1.54) is 16.7 Å². The van der Waals surface area contributed by atoms with Crippen molar-refractivity contribution in [2.45, 2.75) is 28.9 Å². The first-order chi connectivity index (χ1) is 20.0. The van der Waals surface area contributed by atoms with Crippen molar-refractivity contribution in [3.63, 3.8) is 0 Å². The SMILES string of the molecule is O=C(Cn1c2c(sc1=O)C(c1ccccc1)C1C(=O)N(c3ccc(Cl)cc3)C(=O)C1S2)Nc1cccc(C(F)(F)F)c1. The quantitative estimate of drug-likeness (QED) is 0.273. The molecule has 3 heterocycles. The molecule has 3 atom stereocenters. The summed E-state index contributed by atoms with van der Waals surface area (Å²) >= 11 is 7.94. The van der Waals surface area contributed by atoms with E-state index >= 15 is 0 Å². The number of thiazole rings is 1. The maximum atomic E-state index is 13.8. The maximum Gasteiger partial charge on any atom is 0.416 e. The van der Waals surface area contributed by atoms with Crippen LogP contribution in [0.3, 0.4) is 0 Å². The van der Waals surface area contributed by atoms with E-state index in [0.717, 1.165) is 45.7 Å². The number of hydrogen-bond acceptors (Lipinski definition) is 6. The molecule has 4 aromatic rings. The predicted molar refractivity (Wildman–Crippen MR) is 154 cm³/mol. The molecular weight excluding hydrogens is 611 g/mol. The van der Waals surface area contributed by atoms with Crippen LogP contribution in [-0.2, 0) is 27.1 Å². The number of nitrogens with one attached hydrogen (secondary N) is 1. The fourth-order valence-corrected chi connectivity index (χ4v) is 8.14. The van der Waals surface area contributed by atoms with Crippen molar-refractivity contribution in [2.24, 2.45) is 5.92 Å². The lowest BCUT2D eigenvalue weighted by atomic mass is 9.83. The minimum atomic E-state index is -4.59. The average molecular weight is 630 g/mol. The zero-order valence-electron chi connectivity index (χ0n) is 21.3. The highest BCUT2D eigenvalue weighted by molar-refractivity contribution is 8.00. The molecule has 0 radical (unpaired) electrons. The fourth-order valence-electron chi connectivity index (χ4n) is 5.24. The molecule has 6 rings (SSSR count). The summed E-state index contributed by atoms with van der Waals surface area (Å²) in [5.41, 5.74) is 0.108. The molecule has 0 aliphatic carbocycles. The highest BCUT2D eigenvalue weighted by Gasteiger charge is 2.56. The summed E-state index contributed by atoms with van der Waals surface area (Å²) < 4.78 is 40.6. The van der Waals surface area contributed by atoms with E-state index in [9.17, 15) is 32.3 Å². The van der Waals surface area contributed by atoms with Crippen molar-refractivity contribution in [1.29, 1.82) is 0 Å². The van der Waals surface area contributed by atoms with Gasteiger partial charge in [-0.15, -0.1) is 0 Å². The van der Waals surface area contributed by atoms with Crippen LogP contribution in [0, 0.1) is 5.92 Å². The summed E-state index contributed by atoms with van der Waals surface area (Å²) in [6.07, 6.45) is -4.59. The second-order valence-corrected chi connectivity index (χ2v) is 12.3. The van der Waals surface area contributed by atoms with Crippen molar-refractivity contribution >= 4 is 63.8 Å². The predicted octanol–water partition coefficient (Wildman–Crippen LogP) is 6.02. The third-order valence-electron chi connectivity index (χ3n) is 7.07. The van der Waals surface area contributed by atoms with Gasteiger partial charge in [0.15, 0.2) is 0 Å². The van der Waals surface area contributed by atoms with Crippen molar-refractivity contribution in [3.05, 3.63) is 110 Å². The third kappa shape index (κ3) is 5.03. The first-order valence-electron chi connectivity index (χ1n) is 12.6. The minimum Gasteiger partial charge on any atom is -0.325 e. The van der Waals surface area contributed by atoms with Crippen molar-refractivity contribution in [3.8, 4) is 0 Å². The van der Waals surface area contributed by atoms with Gasteiger partial charge in [-0.1, -0.05) is 71.1 Å². The van der Waals surface area contributed by atoms with E-state index in [-0.39, 0.29) is 5.69 Å². The Bertz CT molecular complexity index is 1770. The number of thioether (sulfide) groups is 1. The van der Waals surface area contributed by atoms with Gasteiger partial charge in [-0.2, -0.15) is 13.2 Å². The first-order valence-corrected chi connectivity index (χ1v) is 14.7. The van der Waals surface area contributed by atoms with E-state index in [4.69, 9.17) is 11.6 Å². The van der Waals surface area contributed by atoms with Gasteiger partial charge in [0.25, 0.3) is 0 Å². The molecular formula is C29H19ClF3N3O4S2. The molecule has 3 aromatic carbocycles. The lowest BCUT2D eigenvalue weighted by Crippen LogP contribution is -2.33. The summed E-state index contributed by atoms with van der Waals surface area (Å²) in [5, 5.41) is 2.36. The average Bonchev–Trinajstić information content (AvgIpc) is 3.40. The Morgan fingerprint density at radius 2 is 1.64 bits per heavy atom. The summed E-state index contributed by atoms with van der Waals surface area (Å²) in [6.45, 7) is -0.490. The molecule has 1 fully saturated rings. The molecule has 0 bridgehead atoms. The van der Waals surface area contributed by atoms with Crippen LogP contribution in [-0.4, -0.2) is 27.5 Å². The molecule has 3 amide bonds. The molecule has 2 aliphatic rings.